The monoisotopic (exact) mass is 164 g/mol. The smallest absolute Gasteiger partial charge is 0.0799 e. The lowest BCUT2D eigenvalue weighted by molar-refractivity contribution is 0.158. The molecule has 0 heterocycles. The van der Waals surface area contributed by atoms with Gasteiger partial charge in [0.1, 0.15) is 0 Å². The zero-order valence-corrected chi connectivity index (χ0v) is 6.77. The third-order valence-electron chi connectivity index (χ3n) is 2.52. The van der Waals surface area contributed by atoms with E-state index in [1.807, 2.05) is 24.3 Å². The molecule has 0 spiro atoms. The van der Waals surface area contributed by atoms with Crippen LogP contribution in [0, 0.1) is 0 Å². The highest BCUT2D eigenvalue weighted by Crippen LogP contribution is 2.39. The van der Waals surface area contributed by atoms with Crippen molar-refractivity contribution < 1.29 is 10.2 Å². The van der Waals surface area contributed by atoms with Crippen molar-refractivity contribution in [1.29, 1.82) is 0 Å². The van der Waals surface area contributed by atoms with Gasteiger partial charge in [-0.2, -0.15) is 0 Å². The molecule has 0 saturated carbocycles. The summed E-state index contributed by atoms with van der Waals surface area (Å²) < 4.78 is 0. The van der Waals surface area contributed by atoms with Gasteiger partial charge < -0.3 is 10.2 Å². The second-order valence-electron chi connectivity index (χ2n) is 3.26. The Morgan fingerprint density at radius 2 is 1.92 bits per heavy atom. The summed E-state index contributed by atoms with van der Waals surface area (Å²) in [5.41, 5.74) is 2.09. The molecule has 64 valence electrons. The van der Waals surface area contributed by atoms with Crippen LogP contribution in [0.25, 0.3) is 0 Å². The maximum absolute atomic E-state index is 9.57. The molecule has 2 N–H and O–H groups in total. The molecular weight excluding hydrogens is 152 g/mol. The Balaban J connectivity index is 2.43. The second-order valence-corrected chi connectivity index (χ2v) is 3.26. The largest absolute Gasteiger partial charge is 0.396 e. The fourth-order valence-corrected chi connectivity index (χ4v) is 1.88. The third kappa shape index (κ3) is 1.04. The highest BCUT2D eigenvalue weighted by molar-refractivity contribution is 5.36. The maximum Gasteiger partial charge on any atom is 0.0799 e. The highest BCUT2D eigenvalue weighted by atomic mass is 16.3. The number of hydrogen-bond acceptors (Lipinski definition) is 2. The molecule has 0 aliphatic heterocycles. The molecule has 2 nitrogen and oxygen atoms in total. The van der Waals surface area contributed by atoms with Crippen LogP contribution in [0.2, 0.25) is 0 Å². The van der Waals surface area contributed by atoms with Crippen LogP contribution in [0.15, 0.2) is 24.3 Å². The molecule has 0 radical (unpaired) electrons. The number of hydrogen-bond donors (Lipinski definition) is 2. The zero-order valence-electron chi connectivity index (χ0n) is 6.77. The van der Waals surface area contributed by atoms with Crippen molar-refractivity contribution in [2.75, 3.05) is 6.61 Å². The minimum absolute atomic E-state index is 0.133. The summed E-state index contributed by atoms with van der Waals surface area (Å²) in [5.74, 6) is 0.135. The molecule has 0 aromatic heterocycles. The predicted octanol–water partition coefficient (Wildman–Crippen LogP) is 1.20. The topological polar surface area (TPSA) is 40.5 Å². The lowest BCUT2D eigenvalue weighted by Gasteiger charge is -2.04. The fraction of sp³-hybridized carbons (Fsp3) is 0.400. The molecule has 0 fully saturated rings. The summed E-state index contributed by atoms with van der Waals surface area (Å²) in [5, 5.41) is 18.6. The van der Waals surface area contributed by atoms with Crippen molar-refractivity contribution in [3.8, 4) is 0 Å². The number of benzene rings is 1. The Morgan fingerprint density at radius 3 is 2.58 bits per heavy atom. The molecule has 1 aliphatic rings. The summed E-state index contributed by atoms with van der Waals surface area (Å²) in [4.78, 5) is 0. The van der Waals surface area contributed by atoms with Gasteiger partial charge in [0.2, 0.25) is 0 Å². The van der Waals surface area contributed by atoms with E-state index in [2.05, 4.69) is 0 Å². The third-order valence-corrected chi connectivity index (χ3v) is 2.52. The van der Waals surface area contributed by atoms with Crippen molar-refractivity contribution in [1.82, 2.24) is 0 Å². The Labute approximate surface area is 71.5 Å². The highest BCUT2D eigenvalue weighted by Gasteiger charge is 2.28. The van der Waals surface area contributed by atoms with E-state index in [-0.39, 0.29) is 18.6 Å². The second kappa shape index (κ2) is 2.88. The van der Waals surface area contributed by atoms with Crippen LogP contribution in [0.3, 0.4) is 0 Å². The van der Waals surface area contributed by atoms with E-state index < -0.39 is 0 Å². The van der Waals surface area contributed by atoms with Gasteiger partial charge in [0.05, 0.1) is 12.7 Å². The van der Waals surface area contributed by atoms with Crippen molar-refractivity contribution >= 4 is 0 Å². The average Bonchev–Trinajstić information content (AvgIpc) is 2.44. The number of aliphatic hydroxyl groups is 2. The van der Waals surface area contributed by atoms with Gasteiger partial charge in [0.25, 0.3) is 0 Å². The first-order chi connectivity index (χ1) is 5.83. The zero-order chi connectivity index (χ0) is 8.55. The van der Waals surface area contributed by atoms with Crippen LogP contribution < -0.4 is 0 Å². The van der Waals surface area contributed by atoms with Gasteiger partial charge in [-0.1, -0.05) is 24.3 Å². The van der Waals surface area contributed by atoms with Gasteiger partial charge >= 0.3 is 0 Å². The van der Waals surface area contributed by atoms with Crippen LogP contribution >= 0.6 is 0 Å². The summed E-state index contributed by atoms with van der Waals surface area (Å²) >= 11 is 0. The number of rotatable bonds is 1. The lowest BCUT2D eigenvalue weighted by Crippen LogP contribution is -1.98. The van der Waals surface area contributed by atoms with E-state index in [4.69, 9.17) is 5.11 Å². The van der Waals surface area contributed by atoms with Crippen molar-refractivity contribution in [2.45, 2.75) is 18.4 Å². The molecule has 1 aromatic rings. The van der Waals surface area contributed by atoms with E-state index in [9.17, 15) is 5.11 Å². The average molecular weight is 164 g/mol. The summed E-state index contributed by atoms with van der Waals surface area (Å²) in [6.45, 7) is 0.133. The van der Waals surface area contributed by atoms with E-state index >= 15 is 0 Å². The minimum atomic E-state index is -0.377. The van der Waals surface area contributed by atoms with Crippen LogP contribution in [0.1, 0.15) is 29.6 Å². The molecule has 2 heteroatoms. The number of fused-ring (bicyclic) bond motifs is 1. The molecule has 12 heavy (non-hydrogen) atoms. The Morgan fingerprint density at radius 1 is 1.25 bits per heavy atom. The van der Waals surface area contributed by atoms with Gasteiger partial charge in [-0.15, -0.1) is 0 Å². The van der Waals surface area contributed by atoms with Crippen molar-refractivity contribution in [3.05, 3.63) is 35.4 Å². The minimum Gasteiger partial charge on any atom is -0.396 e. The normalized spacial score (nSPS) is 27.2. The van der Waals surface area contributed by atoms with Crippen LogP contribution in [0.4, 0.5) is 0 Å². The van der Waals surface area contributed by atoms with Gasteiger partial charge in [-0.05, 0) is 17.5 Å². The Kier molecular flexibility index (Phi) is 1.87. The lowest BCUT2D eigenvalue weighted by atomic mass is 10.0. The van der Waals surface area contributed by atoms with E-state index in [0.29, 0.717) is 6.42 Å². The van der Waals surface area contributed by atoms with Gasteiger partial charge in [-0.3, -0.25) is 0 Å². The summed E-state index contributed by atoms with van der Waals surface area (Å²) in [6, 6.07) is 7.77. The van der Waals surface area contributed by atoms with Gasteiger partial charge in [0, 0.05) is 5.92 Å². The molecule has 0 bridgehead atoms. The summed E-state index contributed by atoms with van der Waals surface area (Å²) in [6.07, 6.45) is 0.286. The van der Waals surface area contributed by atoms with Crippen LogP contribution in [-0.2, 0) is 0 Å². The molecule has 2 atom stereocenters. The van der Waals surface area contributed by atoms with Crippen molar-refractivity contribution in [2.24, 2.45) is 0 Å². The van der Waals surface area contributed by atoms with Crippen molar-refractivity contribution in [3.63, 3.8) is 0 Å². The molecule has 0 amide bonds. The molecule has 1 aliphatic carbocycles. The quantitative estimate of drug-likeness (QED) is 0.654. The first kappa shape index (κ1) is 7.77. The van der Waals surface area contributed by atoms with E-state index in [1.165, 1.54) is 0 Å². The van der Waals surface area contributed by atoms with Gasteiger partial charge in [-0.25, -0.2) is 0 Å². The molecule has 0 saturated heterocycles. The predicted molar refractivity (Wildman–Crippen MR) is 45.8 cm³/mol. The molecule has 0 unspecified atom stereocenters. The van der Waals surface area contributed by atoms with Crippen LogP contribution in [0.5, 0.6) is 0 Å². The van der Waals surface area contributed by atoms with Gasteiger partial charge in [0.15, 0.2) is 0 Å². The molecule has 2 rings (SSSR count). The maximum atomic E-state index is 9.57. The standard InChI is InChI=1S/C10H12O2/c11-6-7-5-10(12)9-4-2-1-3-8(7)9/h1-4,7,10-12H,5-6H2/t7-,10+/m0/s1. The molecular formula is C10H12O2. The fourth-order valence-electron chi connectivity index (χ4n) is 1.88. The Hall–Kier alpha value is -0.860. The number of aliphatic hydroxyl groups excluding tert-OH is 2. The Bertz CT molecular complexity index is 283. The SMILES string of the molecule is OC[C@@H]1C[C@@H](O)c2ccccc21. The first-order valence-electron chi connectivity index (χ1n) is 4.20. The van der Waals surface area contributed by atoms with E-state index in [1.54, 1.807) is 0 Å². The van der Waals surface area contributed by atoms with E-state index in [0.717, 1.165) is 11.1 Å². The first-order valence-corrected chi connectivity index (χ1v) is 4.20. The van der Waals surface area contributed by atoms with Crippen LogP contribution in [-0.4, -0.2) is 16.8 Å². The molecule has 1 aromatic carbocycles. The summed E-state index contributed by atoms with van der Waals surface area (Å²) in [7, 11) is 0.